The lowest BCUT2D eigenvalue weighted by atomic mass is 10.2. The van der Waals surface area contributed by atoms with E-state index in [0.717, 1.165) is 18.3 Å². The molecule has 0 saturated heterocycles. The van der Waals surface area contributed by atoms with E-state index < -0.39 is 17.6 Å². The Morgan fingerprint density at radius 3 is 2.42 bits per heavy atom. The van der Waals surface area contributed by atoms with Crippen LogP contribution in [0.3, 0.4) is 0 Å². The van der Waals surface area contributed by atoms with E-state index in [1.807, 2.05) is 0 Å². The molecule has 2 aromatic rings. The standard InChI is InChI=1S/C13H9F3N2O/c14-13(15,16)10-6-7-17-11(8-10)18-12(19)9-4-2-1-3-5-9/h1-8H,(H,17,18,19). The second-order valence-corrected chi connectivity index (χ2v) is 3.75. The Balaban J connectivity index is 2.18. The molecule has 3 nitrogen and oxygen atoms in total. The first kappa shape index (κ1) is 13.1. The average molecular weight is 266 g/mol. The Morgan fingerprint density at radius 2 is 1.79 bits per heavy atom. The Kier molecular flexibility index (Phi) is 3.50. The van der Waals surface area contributed by atoms with Crippen molar-refractivity contribution < 1.29 is 18.0 Å². The molecule has 1 heterocycles. The Morgan fingerprint density at radius 1 is 1.11 bits per heavy atom. The molecule has 0 aliphatic carbocycles. The predicted molar refractivity (Wildman–Crippen MR) is 63.6 cm³/mol. The summed E-state index contributed by atoms with van der Waals surface area (Å²) in [7, 11) is 0. The number of hydrogen-bond donors (Lipinski definition) is 1. The minimum Gasteiger partial charge on any atom is -0.307 e. The zero-order chi connectivity index (χ0) is 13.9. The monoisotopic (exact) mass is 266 g/mol. The normalized spacial score (nSPS) is 11.1. The molecule has 2 rings (SSSR count). The van der Waals surface area contributed by atoms with Gasteiger partial charge in [0.05, 0.1) is 5.56 Å². The summed E-state index contributed by atoms with van der Waals surface area (Å²) in [4.78, 5) is 15.4. The van der Waals surface area contributed by atoms with E-state index in [0.29, 0.717) is 5.56 Å². The van der Waals surface area contributed by atoms with Gasteiger partial charge >= 0.3 is 6.18 Å². The first-order valence-electron chi connectivity index (χ1n) is 5.36. The van der Waals surface area contributed by atoms with Crippen LogP contribution in [0.15, 0.2) is 48.7 Å². The van der Waals surface area contributed by atoms with Crippen molar-refractivity contribution in [3.8, 4) is 0 Å². The lowest BCUT2D eigenvalue weighted by Gasteiger charge is -2.09. The zero-order valence-corrected chi connectivity index (χ0v) is 9.61. The van der Waals surface area contributed by atoms with Crippen molar-refractivity contribution in [1.82, 2.24) is 4.98 Å². The molecule has 0 aliphatic rings. The Labute approximate surface area is 107 Å². The molecule has 6 heteroatoms. The number of amides is 1. The highest BCUT2D eigenvalue weighted by Gasteiger charge is 2.30. The molecule has 1 amide bonds. The van der Waals surface area contributed by atoms with E-state index in [4.69, 9.17) is 0 Å². The maximum Gasteiger partial charge on any atom is 0.416 e. The van der Waals surface area contributed by atoms with E-state index >= 15 is 0 Å². The summed E-state index contributed by atoms with van der Waals surface area (Å²) in [6.07, 6.45) is -3.46. The molecule has 0 atom stereocenters. The van der Waals surface area contributed by atoms with Crippen molar-refractivity contribution in [1.29, 1.82) is 0 Å². The molecule has 0 spiro atoms. The molecule has 0 unspecified atom stereocenters. The topological polar surface area (TPSA) is 42.0 Å². The van der Waals surface area contributed by atoms with Gasteiger partial charge in [0.2, 0.25) is 0 Å². The number of nitrogens with zero attached hydrogens (tertiary/aromatic N) is 1. The van der Waals surface area contributed by atoms with Crippen molar-refractivity contribution in [2.24, 2.45) is 0 Å². The second-order valence-electron chi connectivity index (χ2n) is 3.75. The molecule has 19 heavy (non-hydrogen) atoms. The van der Waals surface area contributed by atoms with Gasteiger partial charge in [-0.1, -0.05) is 18.2 Å². The van der Waals surface area contributed by atoms with Crippen LogP contribution in [0.2, 0.25) is 0 Å². The van der Waals surface area contributed by atoms with Crippen LogP contribution in [0.25, 0.3) is 0 Å². The van der Waals surface area contributed by atoms with Crippen LogP contribution in [0.1, 0.15) is 15.9 Å². The summed E-state index contributed by atoms with van der Waals surface area (Å²) in [5.74, 6) is -0.642. The minimum absolute atomic E-state index is 0.135. The van der Waals surface area contributed by atoms with Crippen molar-refractivity contribution in [2.45, 2.75) is 6.18 Å². The van der Waals surface area contributed by atoms with E-state index in [2.05, 4.69) is 10.3 Å². The quantitative estimate of drug-likeness (QED) is 0.905. The smallest absolute Gasteiger partial charge is 0.307 e. The molecular weight excluding hydrogens is 257 g/mol. The number of benzene rings is 1. The van der Waals surface area contributed by atoms with E-state index in [-0.39, 0.29) is 5.82 Å². The predicted octanol–water partition coefficient (Wildman–Crippen LogP) is 3.35. The maximum absolute atomic E-state index is 12.5. The van der Waals surface area contributed by atoms with Crippen LogP contribution >= 0.6 is 0 Å². The van der Waals surface area contributed by atoms with Crippen molar-refractivity contribution in [3.05, 3.63) is 59.8 Å². The molecule has 0 fully saturated rings. The van der Waals surface area contributed by atoms with E-state index in [1.165, 1.54) is 0 Å². The number of hydrogen-bond acceptors (Lipinski definition) is 2. The average Bonchev–Trinajstić information content (AvgIpc) is 2.39. The summed E-state index contributed by atoms with van der Waals surface area (Å²) in [6, 6.07) is 9.81. The van der Waals surface area contributed by atoms with E-state index in [1.54, 1.807) is 30.3 Å². The number of nitrogens with one attached hydrogen (secondary N) is 1. The van der Waals surface area contributed by atoms with Gasteiger partial charge in [0.25, 0.3) is 5.91 Å². The molecule has 0 saturated carbocycles. The van der Waals surface area contributed by atoms with Crippen molar-refractivity contribution >= 4 is 11.7 Å². The fraction of sp³-hybridized carbons (Fsp3) is 0.0769. The third-order valence-corrected chi connectivity index (χ3v) is 2.36. The van der Waals surface area contributed by atoms with Gasteiger partial charge in [-0.15, -0.1) is 0 Å². The van der Waals surface area contributed by atoms with Crippen LogP contribution in [0.5, 0.6) is 0 Å². The molecule has 1 N–H and O–H groups in total. The zero-order valence-electron chi connectivity index (χ0n) is 9.61. The lowest BCUT2D eigenvalue weighted by molar-refractivity contribution is -0.137. The number of carbonyl (C=O) groups is 1. The van der Waals surface area contributed by atoms with Gasteiger partial charge in [-0.3, -0.25) is 4.79 Å². The van der Waals surface area contributed by atoms with E-state index in [9.17, 15) is 18.0 Å². The second kappa shape index (κ2) is 5.09. The SMILES string of the molecule is O=C(Nc1cc(C(F)(F)F)ccn1)c1ccccc1. The number of pyridine rings is 1. The fourth-order valence-corrected chi connectivity index (χ4v) is 1.45. The number of carbonyl (C=O) groups excluding carboxylic acids is 1. The van der Waals surface area contributed by atoms with Gasteiger partial charge in [-0.2, -0.15) is 13.2 Å². The third kappa shape index (κ3) is 3.31. The number of alkyl halides is 3. The largest absolute Gasteiger partial charge is 0.416 e. The van der Waals surface area contributed by atoms with Gasteiger partial charge in [0, 0.05) is 11.8 Å². The summed E-state index contributed by atoms with van der Waals surface area (Å²) in [5.41, 5.74) is -0.507. The highest BCUT2D eigenvalue weighted by molar-refractivity contribution is 6.03. The molecular formula is C13H9F3N2O. The lowest BCUT2D eigenvalue weighted by Crippen LogP contribution is -2.14. The molecule has 0 radical (unpaired) electrons. The molecule has 1 aromatic heterocycles. The molecule has 98 valence electrons. The van der Waals surface area contributed by atoms with Crippen molar-refractivity contribution in [3.63, 3.8) is 0 Å². The molecule has 0 bridgehead atoms. The van der Waals surface area contributed by atoms with Crippen LogP contribution < -0.4 is 5.32 Å². The highest BCUT2D eigenvalue weighted by Crippen LogP contribution is 2.29. The summed E-state index contributed by atoms with van der Waals surface area (Å²) < 4.78 is 37.5. The highest BCUT2D eigenvalue weighted by atomic mass is 19.4. The number of rotatable bonds is 2. The number of halogens is 3. The van der Waals surface area contributed by atoms with Gasteiger partial charge in [-0.05, 0) is 24.3 Å². The van der Waals surface area contributed by atoms with Gasteiger partial charge in [0.1, 0.15) is 5.82 Å². The van der Waals surface area contributed by atoms with Gasteiger partial charge in [-0.25, -0.2) is 4.98 Å². The van der Waals surface area contributed by atoms with Crippen molar-refractivity contribution in [2.75, 3.05) is 5.32 Å². The number of aromatic nitrogens is 1. The van der Waals surface area contributed by atoms with Gasteiger partial charge < -0.3 is 5.32 Å². The van der Waals surface area contributed by atoms with Crippen LogP contribution in [0.4, 0.5) is 19.0 Å². The maximum atomic E-state index is 12.5. The molecule has 1 aromatic carbocycles. The third-order valence-electron chi connectivity index (χ3n) is 2.36. The summed E-state index contributed by atoms with van der Waals surface area (Å²) in [5, 5.41) is 2.32. The molecule has 0 aliphatic heterocycles. The fourth-order valence-electron chi connectivity index (χ4n) is 1.45. The summed E-state index contributed by atoms with van der Waals surface area (Å²) in [6.45, 7) is 0. The number of anilines is 1. The van der Waals surface area contributed by atoms with Crippen LogP contribution in [-0.4, -0.2) is 10.9 Å². The van der Waals surface area contributed by atoms with Gasteiger partial charge in [0.15, 0.2) is 0 Å². The van der Waals surface area contributed by atoms with Crippen LogP contribution in [-0.2, 0) is 6.18 Å². The Hall–Kier alpha value is -2.37. The first-order valence-corrected chi connectivity index (χ1v) is 5.36. The summed E-state index contributed by atoms with van der Waals surface area (Å²) >= 11 is 0. The minimum atomic E-state index is -4.46. The Bertz CT molecular complexity index is 582. The van der Waals surface area contributed by atoms with Crippen LogP contribution in [0, 0.1) is 0 Å². The first-order chi connectivity index (χ1) is 8.97.